The molecule has 0 spiro atoms. The number of nitrogen functional groups attached to an aromatic ring is 1. The Bertz CT molecular complexity index is 500. The van der Waals surface area contributed by atoms with Gasteiger partial charge in [0.15, 0.2) is 0 Å². The molecule has 0 bridgehead atoms. The maximum atomic E-state index is 11.7. The van der Waals surface area contributed by atoms with Crippen LogP contribution in [0.4, 0.5) is 10.5 Å². The van der Waals surface area contributed by atoms with Crippen molar-refractivity contribution in [1.29, 1.82) is 0 Å². The zero-order valence-corrected chi connectivity index (χ0v) is 11.2. The van der Waals surface area contributed by atoms with E-state index < -0.39 is 0 Å². The average Bonchev–Trinajstić information content (AvgIpc) is 2.34. The molecule has 6 heteroatoms. The smallest absolute Gasteiger partial charge is 0.288 e. The molecule has 18 heavy (non-hydrogen) atoms. The number of carbonyl (C=O) groups is 2. The molecule has 0 radical (unpaired) electrons. The second-order valence-corrected chi connectivity index (χ2v) is 5.32. The Morgan fingerprint density at radius 2 is 2.17 bits per heavy atom. The maximum absolute atomic E-state index is 11.7. The highest BCUT2D eigenvalue weighted by Crippen LogP contribution is 2.23. The Morgan fingerprint density at radius 1 is 1.44 bits per heavy atom. The van der Waals surface area contributed by atoms with E-state index in [9.17, 15) is 9.59 Å². The van der Waals surface area contributed by atoms with Crippen molar-refractivity contribution in [2.75, 3.05) is 11.5 Å². The normalized spacial score (nSPS) is 16.2. The van der Waals surface area contributed by atoms with E-state index in [1.54, 1.807) is 6.20 Å². The number of imide groups is 1. The zero-order chi connectivity index (χ0) is 13.3. The van der Waals surface area contributed by atoms with Gasteiger partial charge in [-0.25, -0.2) is 0 Å². The number of rotatable bonds is 2. The SMILES string of the molecule is Cc1cnc(CN2C(=O)CCSC2=O)c(C)c1N. The number of aromatic nitrogens is 1. The zero-order valence-electron chi connectivity index (χ0n) is 10.4. The third kappa shape index (κ3) is 2.33. The number of anilines is 1. The number of hydrogen-bond donors (Lipinski definition) is 1. The molecule has 1 aromatic rings. The molecular weight excluding hydrogens is 250 g/mol. The topological polar surface area (TPSA) is 76.3 Å². The molecule has 0 atom stereocenters. The molecule has 0 aromatic carbocycles. The van der Waals surface area contributed by atoms with Gasteiger partial charge in [0.05, 0.1) is 12.2 Å². The molecule has 2 heterocycles. The number of carbonyl (C=O) groups excluding carboxylic acids is 2. The summed E-state index contributed by atoms with van der Waals surface area (Å²) >= 11 is 1.17. The standard InChI is InChI=1S/C12H15N3O2S/c1-7-5-14-9(8(2)11(7)13)6-15-10(16)3-4-18-12(15)17/h5H,3-4,6H2,1-2H3,(H2,13,14). The summed E-state index contributed by atoms with van der Waals surface area (Å²) in [6.07, 6.45) is 2.07. The van der Waals surface area contributed by atoms with Crippen molar-refractivity contribution in [3.63, 3.8) is 0 Å². The lowest BCUT2D eigenvalue weighted by Crippen LogP contribution is -2.38. The van der Waals surface area contributed by atoms with Crippen molar-refractivity contribution in [2.24, 2.45) is 0 Å². The molecular formula is C12H15N3O2S. The third-order valence-corrected chi connectivity index (χ3v) is 3.92. The second-order valence-electron chi connectivity index (χ2n) is 4.27. The van der Waals surface area contributed by atoms with Gasteiger partial charge >= 0.3 is 0 Å². The van der Waals surface area contributed by atoms with Gasteiger partial charge in [-0.05, 0) is 25.0 Å². The number of nitrogens with zero attached hydrogens (tertiary/aromatic N) is 2. The van der Waals surface area contributed by atoms with Gasteiger partial charge in [-0.2, -0.15) is 0 Å². The Balaban J connectivity index is 2.26. The van der Waals surface area contributed by atoms with Crippen LogP contribution in [-0.4, -0.2) is 26.8 Å². The molecule has 0 saturated carbocycles. The van der Waals surface area contributed by atoms with Crippen LogP contribution in [0.1, 0.15) is 23.2 Å². The van der Waals surface area contributed by atoms with E-state index in [1.807, 2.05) is 13.8 Å². The van der Waals surface area contributed by atoms with E-state index in [0.717, 1.165) is 11.1 Å². The van der Waals surface area contributed by atoms with Gasteiger partial charge in [0, 0.05) is 24.1 Å². The van der Waals surface area contributed by atoms with Crippen LogP contribution in [0, 0.1) is 13.8 Å². The van der Waals surface area contributed by atoms with E-state index in [-0.39, 0.29) is 17.7 Å². The van der Waals surface area contributed by atoms with Gasteiger partial charge in [0.1, 0.15) is 0 Å². The summed E-state index contributed by atoms with van der Waals surface area (Å²) < 4.78 is 0. The first-order chi connectivity index (χ1) is 8.50. The number of aryl methyl sites for hydroxylation is 1. The molecule has 1 aliphatic rings. The summed E-state index contributed by atoms with van der Waals surface area (Å²) in [6.45, 7) is 3.95. The minimum absolute atomic E-state index is 0.140. The number of hydrogen-bond acceptors (Lipinski definition) is 5. The average molecular weight is 265 g/mol. The molecule has 1 aromatic heterocycles. The lowest BCUT2D eigenvalue weighted by Gasteiger charge is -2.24. The van der Waals surface area contributed by atoms with Crippen LogP contribution in [0.2, 0.25) is 0 Å². The third-order valence-electron chi connectivity index (χ3n) is 3.05. The molecule has 2 amide bonds. The fraction of sp³-hybridized carbons (Fsp3) is 0.417. The van der Waals surface area contributed by atoms with Crippen LogP contribution >= 0.6 is 11.8 Å². The fourth-order valence-corrected chi connectivity index (χ4v) is 2.57. The van der Waals surface area contributed by atoms with Crippen molar-refractivity contribution in [3.05, 3.63) is 23.0 Å². The Morgan fingerprint density at radius 3 is 2.83 bits per heavy atom. The van der Waals surface area contributed by atoms with Gasteiger partial charge in [-0.15, -0.1) is 0 Å². The van der Waals surface area contributed by atoms with E-state index in [2.05, 4.69) is 4.98 Å². The Hall–Kier alpha value is -1.56. The van der Waals surface area contributed by atoms with Crippen LogP contribution in [0.15, 0.2) is 6.20 Å². The summed E-state index contributed by atoms with van der Waals surface area (Å²) in [7, 11) is 0. The van der Waals surface area contributed by atoms with Crippen molar-refractivity contribution >= 4 is 28.6 Å². The van der Waals surface area contributed by atoms with E-state index in [4.69, 9.17) is 5.73 Å². The van der Waals surface area contributed by atoms with Gasteiger partial charge in [0.2, 0.25) is 5.91 Å². The van der Waals surface area contributed by atoms with Crippen molar-refractivity contribution in [2.45, 2.75) is 26.8 Å². The summed E-state index contributed by atoms with van der Waals surface area (Å²) in [5.41, 5.74) is 9.02. The molecule has 1 aliphatic heterocycles. The predicted molar refractivity (Wildman–Crippen MR) is 71.1 cm³/mol. The minimum atomic E-state index is -0.202. The van der Waals surface area contributed by atoms with Crippen molar-refractivity contribution < 1.29 is 9.59 Å². The Labute approximate surface area is 110 Å². The van der Waals surface area contributed by atoms with Crippen LogP contribution < -0.4 is 5.73 Å². The lowest BCUT2D eigenvalue weighted by atomic mass is 10.1. The quantitative estimate of drug-likeness (QED) is 0.883. The van der Waals surface area contributed by atoms with Gasteiger partial charge in [0.25, 0.3) is 5.24 Å². The van der Waals surface area contributed by atoms with Gasteiger partial charge in [-0.1, -0.05) is 11.8 Å². The maximum Gasteiger partial charge on any atom is 0.288 e. The Kier molecular flexibility index (Phi) is 3.56. The lowest BCUT2D eigenvalue weighted by molar-refractivity contribution is -0.128. The highest BCUT2D eigenvalue weighted by molar-refractivity contribution is 8.13. The highest BCUT2D eigenvalue weighted by Gasteiger charge is 2.27. The largest absolute Gasteiger partial charge is 0.398 e. The van der Waals surface area contributed by atoms with Crippen LogP contribution in [-0.2, 0) is 11.3 Å². The molecule has 2 N–H and O–H groups in total. The van der Waals surface area contributed by atoms with E-state index in [0.29, 0.717) is 23.6 Å². The summed E-state index contributed by atoms with van der Waals surface area (Å²) in [5, 5.41) is -0.202. The second kappa shape index (κ2) is 4.97. The first-order valence-electron chi connectivity index (χ1n) is 5.68. The first-order valence-corrected chi connectivity index (χ1v) is 6.67. The number of pyridine rings is 1. The number of nitrogens with two attached hydrogens (primary N) is 1. The van der Waals surface area contributed by atoms with Crippen molar-refractivity contribution in [1.82, 2.24) is 9.88 Å². The molecule has 0 unspecified atom stereocenters. The highest BCUT2D eigenvalue weighted by atomic mass is 32.2. The monoisotopic (exact) mass is 265 g/mol. The number of thioether (sulfide) groups is 1. The van der Waals surface area contributed by atoms with Gasteiger partial charge < -0.3 is 5.73 Å². The van der Waals surface area contributed by atoms with Crippen LogP contribution in [0.5, 0.6) is 0 Å². The molecule has 0 aliphatic carbocycles. The van der Waals surface area contributed by atoms with Crippen molar-refractivity contribution in [3.8, 4) is 0 Å². The van der Waals surface area contributed by atoms with E-state index >= 15 is 0 Å². The fourth-order valence-electron chi connectivity index (χ4n) is 1.79. The van der Waals surface area contributed by atoms with Crippen LogP contribution in [0.3, 0.4) is 0 Å². The van der Waals surface area contributed by atoms with Gasteiger partial charge in [-0.3, -0.25) is 19.5 Å². The molecule has 1 saturated heterocycles. The van der Waals surface area contributed by atoms with E-state index in [1.165, 1.54) is 16.7 Å². The van der Waals surface area contributed by atoms with Crippen LogP contribution in [0.25, 0.3) is 0 Å². The molecule has 5 nitrogen and oxygen atoms in total. The molecule has 96 valence electrons. The summed E-state index contributed by atoms with van der Waals surface area (Å²) in [5.74, 6) is 0.426. The summed E-state index contributed by atoms with van der Waals surface area (Å²) in [6, 6.07) is 0. The predicted octanol–water partition coefficient (Wildman–Crippen LogP) is 1.87. The number of amides is 2. The minimum Gasteiger partial charge on any atom is -0.398 e. The molecule has 2 rings (SSSR count). The summed E-state index contributed by atoms with van der Waals surface area (Å²) in [4.78, 5) is 28.9. The molecule has 1 fully saturated rings. The first kappa shape index (κ1) is 12.9.